The Morgan fingerprint density at radius 2 is 1.15 bits per heavy atom. The highest BCUT2D eigenvalue weighted by molar-refractivity contribution is 7.45. The van der Waals surface area contributed by atoms with E-state index < -0.39 is 20.0 Å². The first-order valence-corrected chi connectivity index (χ1v) is 21.5. The zero-order valence-electron chi connectivity index (χ0n) is 32.2. The van der Waals surface area contributed by atoms with Gasteiger partial charge in [0.25, 0.3) is 7.82 Å². The van der Waals surface area contributed by atoms with Crippen molar-refractivity contribution >= 4 is 13.7 Å². The van der Waals surface area contributed by atoms with Crippen LogP contribution in [0.15, 0.2) is 12.2 Å². The lowest BCUT2D eigenvalue weighted by atomic mass is 10.0. The van der Waals surface area contributed by atoms with E-state index in [1.807, 2.05) is 21.1 Å². The highest BCUT2D eigenvalue weighted by atomic mass is 31.2. The zero-order valence-corrected chi connectivity index (χ0v) is 33.1. The van der Waals surface area contributed by atoms with Gasteiger partial charge in [0.1, 0.15) is 13.2 Å². The molecule has 0 aliphatic carbocycles. The number of aliphatic hydroxyl groups excluding tert-OH is 1. The Bertz CT molecular complexity index is 804. The Morgan fingerprint density at radius 3 is 1.62 bits per heavy atom. The molecule has 48 heavy (non-hydrogen) atoms. The lowest BCUT2D eigenvalue weighted by Crippen LogP contribution is -2.46. The van der Waals surface area contributed by atoms with Crippen LogP contribution >= 0.6 is 7.82 Å². The average Bonchev–Trinajstić information content (AvgIpc) is 3.02. The number of amides is 1. The number of hydrogen-bond acceptors (Lipinski definition) is 6. The van der Waals surface area contributed by atoms with Crippen LogP contribution in [-0.2, 0) is 18.4 Å². The maximum absolute atomic E-state index is 12.8. The van der Waals surface area contributed by atoms with Gasteiger partial charge in [-0.3, -0.25) is 9.36 Å². The van der Waals surface area contributed by atoms with Gasteiger partial charge < -0.3 is 28.8 Å². The molecule has 0 heterocycles. The Morgan fingerprint density at radius 1 is 0.708 bits per heavy atom. The molecule has 0 aliphatic heterocycles. The van der Waals surface area contributed by atoms with Crippen molar-refractivity contribution in [2.45, 2.75) is 193 Å². The maximum Gasteiger partial charge on any atom is 0.268 e. The Hall–Kier alpha value is -0.760. The summed E-state index contributed by atoms with van der Waals surface area (Å²) in [6.45, 7) is 4.68. The van der Waals surface area contributed by atoms with E-state index >= 15 is 0 Å². The Labute approximate surface area is 297 Å². The molecule has 0 spiro atoms. The number of phosphoric ester groups is 1. The molecule has 3 atom stereocenters. The lowest BCUT2D eigenvalue weighted by Gasteiger charge is -2.30. The van der Waals surface area contributed by atoms with Crippen molar-refractivity contribution in [3.8, 4) is 0 Å². The fraction of sp³-hybridized carbons (Fsp3) is 0.923. The smallest absolute Gasteiger partial charge is 0.268 e. The lowest BCUT2D eigenvalue weighted by molar-refractivity contribution is -0.870. The number of aliphatic hydroxyl groups is 1. The molecule has 0 saturated carbocycles. The van der Waals surface area contributed by atoms with E-state index in [1.54, 1.807) is 0 Å². The summed E-state index contributed by atoms with van der Waals surface area (Å²) in [7, 11) is 1.29. The van der Waals surface area contributed by atoms with Crippen LogP contribution in [0.3, 0.4) is 0 Å². The van der Waals surface area contributed by atoms with Crippen LogP contribution in [0.1, 0.15) is 181 Å². The van der Waals surface area contributed by atoms with E-state index in [9.17, 15) is 19.4 Å². The summed E-state index contributed by atoms with van der Waals surface area (Å²) < 4.78 is 23.1. The van der Waals surface area contributed by atoms with Crippen molar-refractivity contribution in [2.75, 3.05) is 40.9 Å². The van der Waals surface area contributed by atoms with Gasteiger partial charge in [-0.1, -0.05) is 148 Å². The molecule has 0 rings (SSSR count). The summed E-state index contributed by atoms with van der Waals surface area (Å²) >= 11 is 0. The minimum absolute atomic E-state index is 0.00931. The predicted molar refractivity (Wildman–Crippen MR) is 201 cm³/mol. The molecule has 1 unspecified atom stereocenters. The van der Waals surface area contributed by atoms with Crippen molar-refractivity contribution in [3.05, 3.63) is 12.2 Å². The summed E-state index contributed by atoms with van der Waals surface area (Å²) in [6, 6.07) is -0.809. The van der Waals surface area contributed by atoms with Gasteiger partial charge in [0.2, 0.25) is 5.91 Å². The van der Waals surface area contributed by atoms with E-state index in [0.29, 0.717) is 23.9 Å². The fourth-order valence-electron chi connectivity index (χ4n) is 5.74. The highest BCUT2D eigenvalue weighted by Gasteiger charge is 2.24. The molecule has 0 fully saturated rings. The van der Waals surface area contributed by atoms with Gasteiger partial charge in [-0.15, -0.1) is 0 Å². The quantitative estimate of drug-likeness (QED) is 0.0291. The normalized spacial score (nSPS) is 14.7. The van der Waals surface area contributed by atoms with Gasteiger partial charge in [-0.25, -0.2) is 0 Å². The van der Waals surface area contributed by atoms with Crippen molar-refractivity contribution in [1.82, 2.24) is 5.32 Å². The van der Waals surface area contributed by atoms with Crippen molar-refractivity contribution in [2.24, 2.45) is 0 Å². The Kier molecular flexibility index (Phi) is 31.7. The number of unbranched alkanes of at least 4 members (excludes halogenated alkanes) is 21. The average molecular weight is 703 g/mol. The van der Waals surface area contributed by atoms with Crippen molar-refractivity contribution in [3.63, 3.8) is 0 Å². The predicted octanol–water partition coefficient (Wildman–Crippen LogP) is 9.78. The van der Waals surface area contributed by atoms with Gasteiger partial charge in [-0.05, 0) is 38.5 Å². The van der Waals surface area contributed by atoms with Gasteiger partial charge >= 0.3 is 0 Å². The monoisotopic (exact) mass is 703 g/mol. The second-order valence-corrected chi connectivity index (χ2v) is 16.4. The maximum atomic E-state index is 12.8. The zero-order chi connectivity index (χ0) is 35.8. The number of allylic oxidation sites excluding steroid dienone is 2. The van der Waals surface area contributed by atoms with Crippen molar-refractivity contribution in [1.29, 1.82) is 0 Å². The number of nitrogens with zero attached hydrogens (tertiary/aromatic N) is 1. The van der Waals surface area contributed by atoms with E-state index in [4.69, 9.17) is 9.05 Å². The summed E-state index contributed by atoms with van der Waals surface area (Å²) in [5, 5.41) is 13.8. The molecule has 0 radical (unpaired) electrons. The minimum atomic E-state index is -4.56. The highest BCUT2D eigenvalue weighted by Crippen LogP contribution is 2.38. The third kappa shape index (κ3) is 33.7. The molecule has 0 aromatic heterocycles. The first kappa shape index (κ1) is 47.2. The van der Waals surface area contributed by atoms with Gasteiger partial charge in [0, 0.05) is 6.42 Å². The molecule has 0 saturated heterocycles. The van der Waals surface area contributed by atoms with Crippen LogP contribution in [0.4, 0.5) is 0 Å². The summed E-state index contributed by atoms with van der Waals surface area (Å²) in [6.07, 6.45) is 33.5. The molecule has 2 N–H and O–H groups in total. The Balaban J connectivity index is 4.48. The molecular formula is C39H79N2O6P. The van der Waals surface area contributed by atoms with Gasteiger partial charge in [0.15, 0.2) is 0 Å². The standard InChI is InChI=1S/C39H79N2O6P/c1-6-8-10-12-14-16-18-20-21-22-24-26-28-30-32-38(42)37(36-47-48(44,45)46-35-34-41(3,4)5)40-39(43)33-31-29-27-25-23-19-17-15-13-11-9-7-2/h22,24,37-38,42H,6-21,23,25-36H2,1-5H3,(H-,40,43,44,45)/b24-22+/t37-,38+/m0/s1. The summed E-state index contributed by atoms with van der Waals surface area (Å²) in [5.41, 5.74) is 0. The second-order valence-electron chi connectivity index (χ2n) is 15.0. The topological polar surface area (TPSA) is 108 Å². The molecule has 9 heteroatoms. The minimum Gasteiger partial charge on any atom is -0.756 e. The molecule has 286 valence electrons. The van der Waals surface area contributed by atoms with E-state index in [1.165, 1.54) is 109 Å². The number of rotatable bonds is 36. The fourth-order valence-corrected chi connectivity index (χ4v) is 6.46. The second kappa shape index (κ2) is 32.2. The summed E-state index contributed by atoms with van der Waals surface area (Å²) in [4.78, 5) is 25.2. The van der Waals surface area contributed by atoms with E-state index in [-0.39, 0.29) is 19.1 Å². The number of likely N-dealkylation sites (N-methyl/N-ethyl adjacent to an activating group) is 1. The molecule has 1 amide bonds. The molecule has 0 bridgehead atoms. The molecule has 8 nitrogen and oxygen atoms in total. The van der Waals surface area contributed by atoms with E-state index in [2.05, 4.69) is 31.3 Å². The molecule has 0 aromatic rings. The number of carbonyl (C=O) groups is 1. The van der Waals surface area contributed by atoms with Gasteiger partial charge in [0.05, 0.1) is 39.9 Å². The molecule has 0 aliphatic rings. The van der Waals surface area contributed by atoms with E-state index in [0.717, 1.165) is 44.9 Å². The number of carbonyl (C=O) groups excluding carboxylic acids is 1. The third-order valence-electron chi connectivity index (χ3n) is 9.00. The van der Waals surface area contributed by atoms with Crippen LogP contribution in [0.5, 0.6) is 0 Å². The van der Waals surface area contributed by atoms with Crippen LogP contribution in [0, 0.1) is 0 Å². The third-order valence-corrected chi connectivity index (χ3v) is 9.97. The van der Waals surface area contributed by atoms with Crippen LogP contribution in [0.2, 0.25) is 0 Å². The first-order chi connectivity index (χ1) is 23.0. The number of hydrogen-bond donors (Lipinski definition) is 2. The van der Waals surface area contributed by atoms with Crippen LogP contribution < -0.4 is 10.2 Å². The molecule has 0 aromatic carbocycles. The van der Waals surface area contributed by atoms with Crippen molar-refractivity contribution < 1.29 is 32.9 Å². The largest absolute Gasteiger partial charge is 0.756 e. The van der Waals surface area contributed by atoms with Gasteiger partial charge in [-0.2, -0.15) is 0 Å². The summed E-state index contributed by atoms with van der Waals surface area (Å²) in [5.74, 6) is -0.176. The first-order valence-electron chi connectivity index (χ1n) is 20.0. The SMILES string of the molecule is CCCCCCCCCC/C=C/CCCC[C@@H](O)[C@H](COP(=O)([O-])OCC[N+](C)(C)C)NC(=O)CCCCCCCCCCCCCC. The number of nitrogens with one attached hydrogen (secondary N) is 1. The number of phosphoric acid groups is 1. The van der Waals surface area contributed by atoms with Crippen LogP contribution in [0.25, 0.3) is 0 Å². The van der Waals surface area contributed by atoms with Crippen LogP contribution in [-0.4, -0.2) is 68.5 Å². The number of quaternary nitrogens is 1. The molecular weight excluding hydrogens is 623 g/mol.